The van der Waals surface area contributed by atoms with Gasteiger partial charge in [0.25, 0.3) is 0 Å². The van der Waals surface area contributed by atoms with Gasteiger partial charge in [-0.3, -0.25) is 9.59 Å². The lowest BCUT2D eigenvalue weighted by Crippen LogP contribution is -2.25. The SMILES string of the molecule is CCCCCC/C=C\CCCCCCCC(=O)OC[C@H]1CN(C)C[C@@H]1COC(=O)CCCCCCC/C=C\CCCCCC. The summed E-state index contributed by atoms with van der Waals surface area (Å²) in [6.07, 6.45) is 37.2. The van der Waals surface area contributed by atoms with Gasteiger partial charge in [-0.25, -0.2) is 0 Å². The topological polar surface area (TPSA) is 55.8 Å². The summed E-state index contributed by atoms with van der Waals surface area (Å²) < 4.78 is 11.3. The van der Waals surface area contributed by atoms with Crippen LogP contribution < -0.4 is 0 Å². The molecule has 1 rings (SSSR count). The molecule has 1 saturated heterocycles. The Balaban J connectivity index is 2.01. The van der Waals surface area contributed by atoms with Gasteiger partial charge >= 0.3 is 11.9 Å². The van der Waals surface area contributed by atoms with Crippen LogP contribution in [0.2, 0.25) is 0 Å². The first-order valence-corrected chi connectivity index (χ1v) is 18.9. The van der Waals surface area contributed by atoms with E-state index in [1.807, 2.05) is 0 Å². The van der Waals surface area contributed by atoms with Gasteiger partial charge in [0.1, 0.15) is 0 Å². The minimum atomic E-state index is -0.0836. The largest absolute Gasteiger partial charge is 0.465 e. The molecule has 256 valence electrons. The van der Waals surface area contributed by atoms with E-state index in [0.29, 0.717) is 26.1 Å². The molecule has 1 fully saturated rings. The summed E-state index contributed by atoms with van der Waals surface area (Å²) in [6, 6.07) is 0. The lowest BCUT2D eigenvalue weighted by molar-refractivity contribution is -0.149. The van der Waals surface area contributed by atoms with Crippen LogP contribution in [0, 0.1) is 11.8 Å². The smallest absolute Gasteiger partial charge is 0.305 e. The van der Waals surface area contributed by atoms with Crippen LogP contribution in [0.3, 0.4) is 0 Å². The molecule has 0 N–H and O–H groups in total. The molecular formula is C39H71NO4. The normalized spacial score (nSPS) is 17.2. The van der Waals surface area contributed by atoms with Gasteiger partial charge in [0.15, 0.2) is 0 Å². The summed E-state index contributed by atoms with van der Waals surface area (Å²) in [5, 5.41) is 0. The number of hydrogen-bond acceptors (Lipinski definition) is 5. The van der Waals surface area contributed by atoms with Gasteiger partial charge < -0.3 is 14.4 Å². The van der Waals surface area contributed by atoms with Crippen LogP contribution in [0.15, 0.2) is 24.3 Å². The molecule has 5 heteroatoms. The number of carbonyl (C=O) groups excluding carboxylic acids is 2. The van der Waals surface area contributed by atoms with E-state index in [1.165, 1.54) is 116 Å². The van der Waals surface area contributed by atoms with E-state index < -0.39 is 0 Å². The molecule has 0 aromatic heterocycles. The molecule has 0 spiro atoms. The number of esters is 2. The van der Waals surface area contributed by atoms with Crippen LogP contribution in [-0.2, 0) is 19.1 Å². The summed E-state index contributed by atoms with van der Waals surface area (Å²) >= 11 is 0. The number of likely N-dealkylation sites (tertiary alicyclic amines) is 1. The first kappa shape index (κ1) is 40.4. The van der Waals surface area contributed by atoms with Crippen molar-refractivity contribution in [3.63, 3.8) is 0 Å². The first-order chi connectivity index (χ1) is 21.6. The average molecular weight is 618 g/mol. The molecule has 0 unspecified atom stereocenters. The molecule has 0 bridgehead atoms. The second-order valence-corrected chi connectivity index (χ2v) is 13.4. The maximum atomic E-state index is 12.3. The minimum Gasteiger partial charge on any atom is -0.465 e. The Labute approximate surface area is 273 Å². The number of hydrogen-bond donors (Lipinski definition) is 0. The van der Waals surface area contributed by atoms with Crippen molar-refractivity contribution in [3.05, 3.63) is 24.3 Å². The predicted molar refractivity (Wildman–Crippen MR) is 187 cm³/mol. The van der Waals surface area contributed by atoms with Crippen LogP contribution >= 0.6 is 0 Å². The van der Waals surface area contributed by atoms with Crippen molar-refractivity contribution < 1.29 is 19.1 Å². The zero-order valence-electron chi connectivity index (χ0n) is 29.3. The summed E-state index contributed by atoms with van der Waals surface area (Å²) in [4.78, 5) is 26.9. The number of allylic oxidation sites excluding steroid dienone is 4. The fraction of sp³-hybridized carbons (Fsp3) is 0.846. The summed E-state index contributed by atoms with van der Waals surface area (Å²) in [7, 11) is 2.09. The maximum absolute atomic E-state index is 12.3. The molecule has 0 aromatic rings. The zero-order chi connectivity index (χ0) is 31.9. The van der Waals surface area contributed by atoms with Gasteiger partial charge in [-0.1, -0.05) is 115 Å². The molecule has 0 aromatic carbocycles. The third kappa shape index (κ3) is 24.7. The highest BCUT2D eigenvalue weighted by Gasteiger charge is 2.32. The average Bonchev–Trinajstić information content (AvgIpc) is 3.38. The number of unbranched alkanes of at least 4 members (excludes halogenated alkanes) is 18. The van der Waals surface area contributed by atoms with Gasteiger partial charge in [0.05, 0.1) is 13.2 Å². The summed E-state index contributed by atoms with van der Waals surface area (Å²) in [5.41, 5.74) is 0. The van der Waals surface area contributed by atoms with Crippen molar-refractivity contribution in [2.45, 2.75) is 168 Å². The van der Waals surface area contributed by atoms with Gasteiger partial charge in [0, 0.05) is 37.8 Å². The number of nitrogens with zero attached hydrogens (tertiary/aromatic N) is 1. The Hall–Kier alpha value is -1.62. The highest BCUT2D eigenvalue weighted by atomic mass is 16.5. The molecule has 0 aliphatic carbocycles. The molecule has 5 nitrogen and oxygen atoms in total. The molecule has 0 radical (unpaired) electrons. The highest BCUT2D eigenvalue weighted by molar-refractivity contribution is 5.69. The Morgan fingerprint density at radius 2 is 0.841 bits per heavy atom. The van der Waals surface area contributed by atoms with E-state index in [0.717, 1.165) is 38.8 Å². The van der Waals surface area contributed by atoms with Crippen LogP contribution in [-0.4, -0.2) is 50.2 Å². The molecule has 1 heterocycles. The van der Waals surface area contributed by atoms with Crippen LogP contribution in [0.4, 0.5) is 0 Å². The Morgan fingerprint density at radius 1 is 0.523 bits per heavy atom. The van der Waals surface area contributed by atoms with Crippen molar-refractivity contribution in [2.75, 3.05) is 33.4 Å². The maximum Gasteiger partial charge on any atom is 0.305 e. The summed E-state index contributed by atoms with van der Waals surface area (Å²) in [5.74, 6) is 0.308. The van der Waals surface area contributed by atoms with Gasteiger partial charge in [0.2, 0.25) is 0 Å². The van der Waals surface area contributed by atoms with Crippen LogP contribution in [0.5, 0.6) is 0 Å². The lowest BCUT2D eigenvalue weighted by atomic mass is 9.98. The van der Waals surface area contributed by atoms with Crippen molar-refractivity contribution in [2.24, 2.45) is 11.8 Å². The van der Waals surface area contributed by atoms with Gasteiger partial charge in [-0.15, -0.1) is 0 Å². The van der Waals surface area contributed by atoms with E-state index in [9.17, 15) is 9.59 Å². The molecule has 1 aliphatic heterocycles. The number of carbonyl (C=O) groups is 2. The fourth-order valence-electron chi connectivity index (χ4n) is 6.07. The van der Waals surface area contributed by atoms with Crippen molar-refractivity contribution in [1.82, 2.24) is 4.90 Å². The molecule has 1 aliphatic rings. The Morgan fingerprint density at radius 3 is 1.20 bits per heavy atom. The van der Waals surface area contributed by atoms with Gasteiger partial charge in [-0.05, 0) is 71.3 Å². The highest BCUT2D eigenvalue weighted by Crippen LogP contribution is 2.24. The van der Waals surface area contributed by atoms with Gasteiger partial charge in [-0.2, -0.15) is 0 Å². The van der Waals surface area contributed by atoms with E-state index in [2.05, 4.69) is 50.1 Å². The first-order valence-electron chi connectivity index (χ1n) is 18.9. The second kappa shape index (κ2) is 30.1. The number of rotatable bonds is 30. The van der Waals surface area contributed by atoms with E-state index >= 15 is 0 Å². The van der Waals surface area contributed by atoms with E-state index in [4.69, 9.17) is 9.47 Å². The van der Waals surface area contributed by atoms with Crippen LogP contribution in [0.1, 0.15) is 168 Å². The van der Waals surface area contributed by atoms with Crippen molar-refractivity contribution in [1.29, 1.82) is 0 Å². The molecule has 0 amide bonds. The zero-order valence-corrected chi connectivity index (χ0v) is 29.3. The molecule has 2 atom stereocenters. The monoisotopic (exact) mass is 618 g/mol. The Kier molecular flexibility index (Phi) is 27.6. The van der Waals surface area contributed by atoms with E-state index in [-0.39, 0.29) is 23.8 Å². The molecule has 44 heavy (non-hydrogen) atoms. The Bertz CT molecular complexity index is 674. The van der Waals surface area contributed by atoms with Crippen LogP contribution in [0.25, 0.3) is 0 Å². The quantitative estimate of drug-likeness (QED) is 0.0456. The van der Waals surface area contributed by atoms with Crippen molar-refractivity contribution in [3.8, 4) is 0 Å². The van der Waals surface area contributed by atoms with E-state index in [1.54, 1.807) is 0 Å². The fourth-order valence-corrected chi connectivity index (χ4v) is 6.07. The van der Waals surface area contributed by atoms with Crippen molar-refractivity contribution >= 4 is 11.9 Å². The lowest BCUT2D eigenvalue weighted by Gasteiger charge is -2.18. The molecule has 0 saturated carbocycles. The number of ether oxygens (including phenoxy) is 2. The molecular weight excluding hydrogens is 546 g/mol. The standard InChI is InChI=1S/C39H71NO4/c1-4-6-8-10-12-14-16-18-20-22-24-26-28-30-38(41)43-34-36-32-40(3)33-37(36)35-44-39(42)31-29-27-25-23-21-19-17-15-13-11-9-7-5-2/h14-17,36-37H,4-13,18-35H2,1-3H3/b16-14-,17-15-/t36-,37-/m1/s1. The summed E-state index contributed by atoms with van der Waals surface area (Å²) in [6.45, 7) is 7.15. The third-order valence-electron chi connectivity index (χ3n) is 8.96. The predicted octanol–water partition coefficient (Wildman–Crippen LogP) is 10.8. The second-order valence-electron chi connectivity index (χ2n) is 13.4. The third-order valence-corrected chi connectivity index (χ3v) is 8.96. The minimum absolute atomic E-state index is 0.0836.